The number of carbonyl (C=O) groups excluding carboxylic acids is 1. The highest BCUT2D eigenvalue weighted by atomic mass is 19.1. The van der Waals surface area contributed by atoms with E-state index in [1.165, 1.54) is 6.07 Å². The molecule has 2 aromatic carbocycles. The summed E-state index contributed by atoms with van der Waals surface area (Å²) in [6.45, 7) is 7.08. The van der Waals surface area contributed by atoms with Crippen LogP contribution < -0.4 is 5.32 Å². The van der Waals surface area contributed by atoms with Crippen molar-refractivity contribution in [1.29, 1.82) is 0 Å². The van der Waals surface area contributed by atoms with Crippen LogP contribution in [0.25, 0.3) is 0 Å². The number of rotatable bonds is 7. The zero-order chi connectivity index (χ0) is 16.7. The number of carbonyl (C=O) groups is 1. The maximum Gasteiger partial charge on any atom is 0.228 e. The van der Waals surface area contributed by atoms with E-state index < -0.39 is 0 Å². The van der Waals surface area contributed by atoms with Crippen LogP contribution >= 0.6 is 0 Å². The van der Waals surface area contributed by atoms with Crippen LogP contribution in [0.3, 0.4) is 0 Å². The largest absolute Gasteiger partial charge is 0.326 e. The summed E-state index contributed by atoms with van der Waals surface area (Å²) in [4.78, 5) is 14.4. The summed E-state index contributed by atoms with van der Waals surface area (Å²) in [6, 6.07) is 14.1. The molecular formula is C19H23FN2O. The molecule has 0 aromatic heterocycles. The number of benzene rings is 2. The summed E-state index contributed by atoms with van der Waals surface area (Å²) in [5.74, 6) is -0.562. The van der Waals surface area contributed by atoms with E-state index >= 15 is 0 Å². The molecule has 3 nitrogen and oxygen atoms in total. The quantitative estimate of drug-likeness (QED) is 0.842. The molecule has 0 saturated heterocycles. The minimum absolute atomic E-state index is 0.0347. The molecular weight excluding hydrogens is 291 g/mol. The highest BCUT2D eigenvalue weighted by Crippen LogP contribution is 2.14. The summed E-state index contributed by atoms with van der Waals surface area (Å²) in [5, 5.41) is 2.84. The molecule has 0 heterocycles. The summed E-state index contributed by atoms with van der Waals surface area (Å²) in [5.41, 5.74) is 2.30. The third-order valence-corrected chi connectivity index (χ3v) is 3.82. The zero-order valence-corrected chi connectivity index (χ0v) is 13.7. The summed E-state index contributed by atoms with van der Waals surface area (Å²) >= 11 is 0. The van der Waals surface area contributed by atoms with Crippen molar-refractivity contribution in [2.45, 2.75) is 26.8 Å². The molecule has 0 aliphatic rings. The number of anilines is 1. The minimum atomic E-state index is -0.349. The van der Waals surface area contributed by atoms with E-state index in [9.17, 15) is 9.18 Å². The lowest BCUT2D eigenvalue weighted by molar-refractivity contribution is -0.115. The van der Waals surface area contributed by atoms with E-state index in [0.29, 0.717) is 5.56 Å². The number of hydrogen-bond acceptors (Lipinski definition) is 2. The Bertz CT molecular complexity index is 653. The van der Waals surface area contributed by atoms with Gasteiger partial charge in [-0.2, -0.15) is 0 Å². The number of amides is 1. The first-order valence-corrected chi connectivity index (χ1v) is 7.97. The summed E-state index contributed by atoms with van der Waals surface area (Å²) < 4.78 is 13.6. The zero-order valence-electron chi connectivity index (χ0n) is 13.7. The Labute approximate surface area is 137 Å². The average molecular weight is 314 g/mol. The van der Waals surface area contributed by atoms with E-state index in [2.05, 4.69) is 24.1 Å². The lowest BCUT2D eigenvalue weighted by atomic mass is 10.1. The van der Waals surface area contributed by atoms with Gasteiger partial charge in [0.15, 0.2) is 0 Å². The van der Waals surface area contributed by atoms with E-state index in [4.69, 9.17) is 0 Å². The van der Waals surface area contributed by atoms with Crippen molar-refractivity contribution in [3.05, 3.63) is 65.5 Å². The Morgan fingerprint density at radius 3 is 2.52 bits per heavy atom. The molecule has 0 unspecified atom stereocenters. The third-order valence-electron chi connectivity index (χ3n) is 3.82. The van der Waals surface area contributed by atoms with E-state index in [1.807, 2.05) is 24.3 Å². The minimum Gasteiger partial charge on any atom is -0.326 e. The van der Waals surface area contributed by atoms with Gasteiger partial charge in [0.05, 0.1) is 6.42 Å². The van der Waals surface area contributed by atoms with Crippen LogP contribution in [0.4, 0.5) is 10.1 Å². The highest BCUT2D eigenvalue weighted by Gasteiger charge is 2.08. The number of nitrogens with one attached hydrogen (secondary N) is 1. The average Bonchev–Trinajstić information content (AvgIpc) is 2.55. The van der Waals surface area contributed by atoms with Crippen LogP contribution in [0.5, 0.6) is 0 Å². The summed E-state index contributed by atoms with van der Waals surface area (Å²) in [7, 11) is 0. The molecule has 23 heavy (non-hydrogen) atoms. The van der Waals surface area contributed by atoms with Crippen LogP contribution in [-0.2, 0) is 17.8 Å². The van der Waals surface area contributed by atoms with Gasteiger partial charge in [0.1, 0.15) is 5.82 Å². The van der Waals surface area contributed by atoms with Gasteiger partial charge in [0.2, 0.25) is 5.91 Å². The molecule has 4 heteroatoms. The van der Waals surface area contributed by atoms with Gasteiger partial charge in [-0.25, -0.2) is 4.39 Å². The maximum atomic E-state index is 13.6. The fourth-order valence-corrected chi connectivity index (χ4v) is 2.47. The Morgan fingerprint density at radius 1 is 1.09 bits per heavy atom. The fourth-order valence-electron chi connectivity index (χ4n) is 2.47. The normalized spacial score (nSPS) is 10.8. The van der Waals surface area contributed by atoms with Crippen molar-refractivity contribution < 1.29 is 9.18 Å². The Hall–Kier alpha value is -2.20. The maximum absolute atomic E-state index is 13.6. The lowest BCUT2D eigenvalue weighted by Crippen LogP contribution is -2.22. The number of halogens is 1. The predicted octanol–water partition coefficient (Wildman–Crippen LogP) is 3.85. The molecule has 2 aromatic rings. The van der Waals surface area contributed by atoms with Crippen LogP contribution in [0.15, 0.2) is 48.5 Å². The molecule has 0 atom stereocenters. The molecule has 0 spiro atoms. The molecule has 0 aliphatic carbocycles. The molecule has 1 N–H and O–H groups in total. The van der Waals surface area contributed by atoms with Gasteiger partial charge in [-0.3, -0.25) is 9.69 Å². The van der Waals surface area contributed by atoms with Crippen LogP contribution in [0, 0.1) is 5.82 Å². The Kier molecular flexibility index (Phi) is 6.29. The van der Waals surface area contributed by atoms with E-state index in [-0.39, 0.29) is 18.1 Å². The highest BCUT2D eigenvalue weighted by molar-refractivity contribution is 5.92. The fraction of sp³-hybridized carbons (Fsp3) is 0.316. The van der Waals surface area contributed by atoms with Crippen LogP contribution in [0.2, 0.25) is 0 Å². The first kappa shape index (κ1) is 17.2. The SMILES string of the molecule is CCN(CC)Cc1cccc(NC(=O)Cc2ccccc2F)c1. The predicted molar refractivity (Wildman–Crippen MR) is 91.8 cm³/mol. The molecule has 0 radical (unpaired) electrons. The van der Waals surface area contributed by atoms with Crippen molar-refractivity contribution in [2.24, 2.45) is 0 Å². The monoisotopic (exact) mass is 314 g/mol. The summed E-state index contributed by atoms with van der Waals surface area (Å²) in [6.07, 6.45) is 0.0347. The van der Waals surface area contributed by atoms with E-state index in [1.54, 1.807) is 18.2 Å². The van der Waals surface area contributed by atoms with Gasteiger partial charge < -0.3 is 5.32 Å². The molecule has 2 rings (SSSR count). The van der Waals surface area contributed by atoms with E-state index in [0.717, 1.165) is 30.9 Å². The molecule has 0 bridgehead atoms. The van der Waals surface area contributed by atoms with Crippen molar-refractivity contribution in [3.8, 4) is 0 Å². The number of nitrogens with zero attached hydrogens (tertiary/aromatic N) is 1. The van der Waals surface area contributed by atoms with Gasteiger partial charge in [0, 0.05) is 12.2 Å². The second kappa shape index (κ2) is 8.44. The topological polar surface area (TPSA) is 32.3 Å². The second-order valence-corrected chi connectivity index (χ2v) is 5.48. The van der Waals surface area contributed by atoms with Gasteiger partial charge in [0.25, 0.3) is 0 Å². The smallest absolute Gasteiger partial charge is 0.228 e. The first-order chi connectivity index (χ1) is 11.1. The van der Waals surface area contributed by atoms with Crippen LogP contribution in [0.1, 0.15) is 25.0 Å². The molecule has 1 amide bonds. The molecule has 0 fully saturated rings. The van der Waals surface area contributed by atoms with Gasteiger partial charge in [-0.1, -0.05) is 44.2 Å². The number of hydrogen-bond donors (Lipinski definition) is 1. The molecule has 122 valence electrons. The van der Waals surface area contributed by atoms with Crippen molar-refractivity contribution in [3.63, 3.8) is 0 Å². The molecule has 0 aliphatic heterocycles. The lowest BCUT2D eigenvalue weighted by Gasteiger charge is -2.18. The van der Waals surface area contributed by atoms with Crippen molar-refractivity contribution >= 4 is 11.6 Å². The third kappa shape index (κ3) is 5.18. The van der Waals surface area contributed by atoms with Gasteiger partial charge in [-0.05, 0) is 42.4 Å². The second-order valence-electron chi connectivity index (χ2n) is 5.48. The molecule has 0 saturated carbocycles. The van der Waals surface area contributed by atoms with Crippen molar-refractivity contribution in [1.82, 2.24) is 4.90 Å². The first-order valence-electron chi connectivity index (χ1n) is 7.97. The van der Waals surface area contributed by atoms with Crippen molar-refractivity contribution in [2.75, 3.05) is 18.4 Å². The standard InChI is InChI=1S/C19H23FN2O/c1-3-22(4-2)14-15-8-7-10-17(12-15)21-19(23)13-16-9-5-6-11-18(16)20/h5-12H,3-4,13-14H2,1-2H3,(H,21,23). The van der Waals surface area contributed by atoms with Crippen LogP contribution in [-0.4, -0.2) is 23.9 Å². The Morgan fingerprint density at radius 2 is 1.83 bits per heavy atom. The van der Waals surface area contributed by atoms with Gasteiger partial charge in [-0.15, -0.1) is 0 Å². The Balaban J connectivity index is 2.00. The van der Waals surface area contributed by atoms with Gasteiger partial charge >= 0.3 is 0 Å².